The van der Waals surface area contributed by atoms with Gasteiger partial charge < -0.3 is 9.53 Å². The lowest BCUT2D eigenvalue weighted by molar-refractivity contribution is -0.108. The highest BCUT2D eigenvalue weighted by atomic mass is 127. The summed E-state index contributed by atoms with van der Waals surface area (Å²) in [5.41, 5.74) is 0.966. The zero-order valence-electron chi connectivity index (χ0n) is 8.29. The number of hydrogen-bond acceptors (Lipinski definition) is 2. The van der Waals surface area contributed by atoms with Gasteiger partial charge >= 0.3 is 0 Å². The van der Waals surface area contributed by atoms with Gasteiger partial charge in [0.05, 0.1) is 10.2 Å². The van der Waals surface area contributed by atoms with Crippen LogP contribution in [0.5, 0.6) is 5.75 Å². The third kappa shape index (κ3) is 2.47. The summed E-state index contributed by atoms with van der Waals surface area (Å²) in [6, 6.07) is 5.86. The topological polar surface area (TPSA) is 26.3 Å². The summed E-state index contributed by atoms with van der Waals surface area (Å²) < 4.78 is 6.58. The third-order valence-electron chi connectivity index (χ3n) is 1.98. The summed E-state index contributed by atoms with van der Waals surface area (Å²) in [6.07, 6.45) is 0.938. The largest absolute Gasteiger partial charge is 0.492 e. The number of carbonyl (C=O) groups is 1. The minimum Gasteiger partial charge on any atom is -0.492 e. The number of benzene rings is 1. The SMILES string of the molecule is CCOc1c(I)cccc1C(C)C=O. The van der Waals surface area contributed by atoms with Crippen molar-refractivity contribution in [3.63, 3.8) is 0 Å². The van der Waals surface area contributed by atoms with Gasteiger partial charge in [0, 0.05) is 11.5 Å². The molecule has 0 aliphatic carbocycles. The van der Waals surface area contributed by atoms with Crippen LogP contribution in [0.2, 0.25) is 0 Å². The molecule has 0 fully saturated rings. The minimum absolute atomic E-state index is 0.105. The van der Waals surface area contributed by atoms with E-state index in [9.17, 15) is 4.79 Å². The van der Waals surface area contributed by atoms with Gasteiger partial charge in [0.2, 0.25) is 0 Å². The predicted molar refractivity (Wildman–Crippen MR) is 64.8 cm³/mol. The molecule has 3 heteroatoms. The van der Waals surface area contributed by atoms with Crippen molar-refractivity contribution in [2.75, 3.05) is 6.61 Å². The molecule has 0 aliphatic rings. The maximum Gasteiger partial charge on any atom is 0.136 e. The van der Waals surface area contributed by atoms with E-state index in [0.29, 0.717) is 6.61 Å². The first-order chi connectivity index (χ1) is 6.70. The molecule has 0 bridgehead atoms. The maximum atomic E-state index is 10.7. The van der Waals surface area contributed by atoms with Crippen LogP contribution in [0.4, 0.5) is 0 Å². The minimum atomic E-state index is -0.105. The van der Waals surface area contributed by atoms with Crippen LogP contribution in [-0.2, 0) is 4.79 Å². The average Bonchev–Trinajstić information content (AvgIpc) is 2.20. The molecule has 1 rings (SSSR count). The fraction of sp³-hybridized carbons (Fsp3) is 0.364. The Balaban J connectivity index is 3.13. The Labute approximate surface area is 97.8 Å². The number of para-hydroxylation sites is 1. The number of rotatable bonds is 4. The molecule has 0 aliphatic heterocycles. The number of aldehydes is 1. The van der Waals surface area contributed by atoms with Crippen LogP contribution in [0.3, 0.4) is 0 Å². The van der Waals surface area contributed by atoms with Gasteiger partial charge in [0.1, 0.15) is 12.0 Å². The molecule has 1 aromatic rings. The first-order valence-corrected chi connectivity index (χ1v) is 5.65. The highest BCUT2D eigenvalue weighted by Gasteiger charge is 2.12. The van der Waals surface area contributed by atoms with E-state index in [4.69, 9.17) is 4.74 Å². The molecule has 0 saturated heterocycles. The van der Waals surface area contributed by atoms with E-state index in [2.05, 4.69) is 22.6 Å². The van der Waals surface area contributed by atoms with Crippen molar-refractivity contribution >= 4 is 28.9 Å². The van der Waals surface area contributed by atoms with E-state index in [1.54, 1.807) is 0 Å². The zero-order chi connectivity index (χ0) is 10.6. The van der Waals surface area contributed by atoms with Crippen LogP contribution in [0.25, 0.3) is 0 Å². The van der Waals surface area contributed by atoms with E-state index in [0.717, 1.165) is 21.2 Å². The van der Waals surface area contributed by atoms with Crippen molar-refractivity contribution in [3.05, 3.63) is 27.3 Å². The number of carbonyl (C=O) groups excluding carboxylic acids is 1. The van der Waals surface area contributed by atoms with Crippen LogP contribution < -0.4 is 4.74 Å². The van der Waals surface area contributed by atoms with Gasteiger partial charge in [-0.05, 0) is 35.6 Å². The Morgan fingerprint density at radius 2 is 2.29 bits per heavy atom. The van der Waals surface area contributed by atoms with Gasteiger partial charge in [-0.1, -0.05) is 19.1 Å². The van der Waals surface area contributed by atoms with Crippen LogP contribution in [0, 0.1) is 3.57 Å². The second-order valence-electron chi connectivity index (χ2n) is 3.02. The number of halogens is 1. The lowest BCUT2D eigenvalue weighted by atomic mass is 10.0. The summed E-state index contributed by atoms with van der Waals surface area (Å²) in [5, 5.41) is 0. The monoisotopic (exact) mass is 304 g/mol. The fourth-order valence-electron chi connectivity index (χ4n) is 1.25. The maximum absolute atomic E-state index is 10.7. The lowest BCUT2D eigenvalue weighted by Crippen LogP contribution is -2.02. The van der Waals surface area contributed by atoms with Crippen molar-refractivity contribution in [3.8, 4) is 5.75 Å². The van der Waals surface area contributed by atoms with Crippen LogP contribution in [-0.4, -0.2) is 12.9 Å². The summed E-state index contributed by atoms with van der Waals surface area (Å²) in [6.45, 7) is 4.44. The zero-order valence-corrected chi connectivity index (χ0v) is 10.4. The molecule has 0 amide bonds. The summed E-state index contributed by atoms with van der Waals surface area (Å²) in [4.78, 5) is 10.7. The van der Waals surface area contributed by atoms with Gasteiger partial charge in [0.15, 0.2) is 0 Å². The molecule has 1 unspecified atom stereocenters. The highest BCUT2D eigenvalue weighted by Crippen LogP contribution is 2.30. The molecule has 2 nitrogen and oxygen atoms in total. The van der Waals surface area contributed by atoms with E-state index in [-0.39, 0.29) is 5.92 Å². The molecule has 0 saturated carbocycles. The molecule has 0 heterocycles. The predicted octanol–water partition coefficient (Wildman–Crippen LogP) is 2.99. The van der Waals surface area contributed by atoms with Crippen molar-refractivity contribution in [2.24, 2.45) is 0 Å². The molecule has 1 aromatic carbocycles. The smallest absolute Gasteiger partial charge is 0.136 e. The highest BCUT2D eigenvalue weighted by molar-refractivity contribution is 14.1. The Morgan fingerprint density at radius 3 is 2.86 bits per heavy atom. The number of ether oxygens (including phenoxy) is 1. The van der Waals surface area contributed by atoms with Gasteiger partial charge in [-0.25, -0.2) is 0 Å². The number of hydrogen-bond donors (Lipinski definition) is 0. The van der Waals surface area contributed by atoms with E-state index in [1.807, 2.05) is 32.0 Å². The quantitative estimate of drug-likeness (QED) is 0.631. The summed E-state index contributed by atoms with van der Waals surface area (Å²) in [5.74, 6) is 0.737. The average molecular weight is 304 g/mol. The Bertz CT molecular complexity index is 323. The Hall–Kier alpha value is -0.580. The summed E-state index contributed by atoms with van der Waals surface area (Å²) >= 11 is 2.22. The second-order valence-corrected chi connectivity index (χ2v) is 4.18. The van der Waals surface area contributed by atoms with Crippen molar-refractivity contribution in [1.29, 1.82) is 0 Å². The van der Waals surface area contributed by atoms with Crippen LogP contribution >= 0.6 is 22.6 Å². The Kier molecular flexibility index (Phi) is 4.38. The molecule has 0 N–H and O–H groups in total. The second kappa shape index (κ2) is 5.34. The van der Waals surface area contributed by atoms with Crippen LogP contribution in [0.15, 0.2) is 18.2 Å². The van der Waals surface area contributed by atoms with Gasteiger partial charge in [-0.3, -0.25) is 0 Å². The van der Waals surface area contributed by atoms with Gasteiger partial charge in [-0.15, -0.1) is 0 Å². The molecule has 1 atom stereocenters. The van der Waals surface area contributed by atoms with E-state index < -0.39 is 0 Å². The molecule has 0 aromatic heterocycles. The molecule has 0 spiro atoms. The Morgan fingerprint density at radius 1 is 1.57 bits per heavy atom. The lowest BCUT2D eigenvalue weighted by Gasteiger charge is -2.13. The standard InChI is InChI=1S/C11H13IO2/c1-3-14-11-9(8(2)7-13)5-4-6-10(11)12/h4-8H,3H2,1-2H3. The molecular formula is C11H13IO2. The molecular weight excluding hydrogens is 291 g/mol. The van der Waals surface area contributed by atoms with Crippen LogP contribution in [0.1, 0.15) is 25.3 Å². The van der Waals surface area contributed by atoms with Crippen molar-refractivity contribution in [2.45, 2.75) is 19.8 Å². The first kappa shape index (κ1) is 11.5. The molecule has 0 radical (unpaired) electrons. The first-order valence-electron chi connectivity index (χ1n) is 4.57. The van der Waals surface area contributed by atoms with Crippen molar-refractivity contribution in [1.82, 2.24) is 0 Å². The molecule has 76 valence electrons. The van der Waals surface area contributed by atoms with E-state index >= 15 is 0 Å². The third-order valence-corrected chi connectivity index (χ3v) is 2.83. The van der Waals surface area contributed by atoms with Crippen molar-refractivity contribution < 1.29 is 9.53 Å². The van der Waals surface area contributed by atoms with E-state index in [1.165, 1.54) is 0 Å². The summed E-state index contributed by atoms with van der Waals surface area (Å²) in [7, 11) is 0. The van der Waals surface area contributed by atoms with Gasteiger partial charge in [-0.2, -0.15) is 0 Å². The van der Waals surface area contributed by atoms with Gasteiger partial charge in [0.25, 0.3) is 0 Å². The fourth-order valence-corrected chi connectivity index (χ4v) is 1.93. The normalized spacial score (nSPS) is 12.2. The molecule has 14 heavy (non-hydrogen) atoms.